The SMILES string of the molecule is Cc1ccc2cccc(NC(=O)CCCOc3ccc4c(c3)CCC(=O)N4)c2n1. The first-order valence-corrected chi connectivity index (χ1v) is 9.80. The van der Waals surface area contributed by atoms with Crippen molar-refractivity contribution in [2.24, 2.45) is 0 Å². The Labute approximate surface area is 169 Å². The largest absolute Gasteiger partial charge is 0.494 e. The quantitative estimate of drug-likeness (QED) is 0.619. The molecule has 6 nitrogen and oxygen atoms in total. The zero-order valence-electron chi connectivity index (χ0n) is 16.3. The Balaban J connectivity index is 1.29. The lowest BCUT2D eigenvalue weighted by Gasteiger charge is -2.17. The number of rotatable bonds is 6. The molecule has 4 rings (SSSR count). The molecule has 0 saturated heterocycles. The number of para-hydroxylation sites is 1. The number of hydrogen-bond acceptors (Lipinski definition) is 4. The van der Waals surface area contributed by atoms with Crippen LogP contribution in [0.25, 0.3) is 10.9 Å². The summed E-state index contributed by atoms with van der Waals surface area (Å²) in [6.07, 6.45) is 2.19. The molecule has 0 spiro atoms. The van der Waals surface area contributed by atoms with Gasteiger partial charge in [0.25, 0.3) is 0 Å². The molecule has 1 aliphatic rings. The normalized spacial score (nSPS) is 12.9. The monoisotopic (exact) mass is 389 g/mol. The van der Waals surface area contributed by atoms with Gasteiger partial charge in [0.2, 0.25) is 11.8 Å². The molecule has 2 N–H and O–H groups in total. The fourth-order valence-electron chi connectivity index (χ4n) is 3.43. The Kier molecular flexibility index (Phi) is 5.42. The number of benzene rings is 2. The number of carbonyl (C=O) groups is 2. The van der Waals surface area contributed by atoms with Crippen LogP contribution in [0.5, 0.6) is 5.75 Å². The van der Waals surface area contributed by atoms with Gasteiger partial charge in [-0.2, -0.15) is 0 Å². The molecular weight excluding hydrogens is 366 g/mol. The van der Waals surface area contributed by atoms with Crippen molar-refractivity contribution in [3.05, 3.63) is 59.8 Å². The minimum atomic E-state index is -0.0578. The maximum absolute atomic E-state index is 12.3. The second kappa shape index (κ2) is 8.31. The smallest absolute Gasteiger partial charge is 0.224 e. The van der Waals surface area contributed by atoms with Crippen LogP contribution in [0.4, 0.5) is 11.4 Å². The van der Waals surface area contributed by atoms with Crippen molar-refractivity contribution < 1.29 is 14.3 Å². The minimum absolute atomic E-state index is 0.0498. The summed E-state index contributed by atoms with van der Waals surface area (Å²) in [6.45, 7) is 2.38. The van der Waals surface area contributed by atoms with Crippen LogP contribution in [-0.2, 0) is 16.0 Å². The van der Waals surface area contributed by atoms with Crippen LogP contribution in [0.2, 0.25) is 0 Å². The second-order valence-electron chi connectivity index (χ2n) is 7.20. The molecule has 148 valence electrons. The maximum atomic E-state index is 12.3. The number of carbonyl (C=O) groups excluding carboxylic acids is 2. The first kappa shape index (κ1) is 18.9. The number of nitrogens with one attached hydrogen (secondary N) is 2. The topological polar surface area (TPSA) is 80.3 Å². The third-order valence-corrected chi connectivity index (χ3v) is 4.92. The summed E-state index contributed by atoms with van der Waals surface area (Å²) in [4.78, 5) is 28.3. The van der Waals surface area contributed by atoms with Crippen molar-refractivity contribution in [1.82, 2.24) is 4.98 Å². The molecule has 0 aliphatic carbocycles. The van der Waals surface area contributed by atoms with Crippen molar-refractivity contribution in [3.63, 3.8) is 0 Å². The van der Waals surface area contributed by atoms with E-state index >= 15 is 0 Å². The molecule has 0 saturated carbocycles. The second-order valence-corrected chi connectivity index (χ2v) is 7.20. The Morgan fingerprint density at radius 3 is 2.97 bits per heavy atom. The van der Waals surface area contributed by atoms with E-state index in [-0.39, 0.29) is 11.8 Å². The highest BCUT2D eigenvalue weighted by molar-refractivity contribution is 6.00. The van der Waals surface area contributed by atoms with E-state index in [0.717, 1.165) is 45.7 Å². The van der Waals surface area contributed by atoms with Gasteiger partial charge >= 0.3 is 0 Å². The summed E-state index contributed by atoms with van der Waals surface area (Å²) >= 11 is 0. The van der Waals surface area contributed by atoms with Crippen LogP contribution in [-0.4, -0.2) is 23.4 Å². The molecule has 0 unspecified atom stereocenters. The molecule has 1 aromatic heterocycles. The highest BCUT2D eigenvalue weighted by Gasteiger charge is 2.15. The standard InChI is InChI=1S/C23H23N3O3/c1-15-7-8-16-4-2-5-20(23(16)24-15)26-21(27)6-3-13-29-18-10-11-19-17(14-18)9-12-22(28)25-19/h2,4-5,7-8,10-11,14H,3,6,9,12-13H2,1H3,(H,25,28)(H,26,27). The van der Waals surface area contributed by atoms with E-state index in [0.29, 0.717) is 25.9 Å². The van der Waals surface area contributed by atoms with Crippen molar-refractivity contribution in [1.29, 1.82) is 0 Å². The summed E-state index contributed by atoms with van der Waals surface area (Å²) in [5, 5.41) is 6.81. The molecule has 2 heterocycles. The Morgan fingerprint density at radius 1 is 1.17 bits per heavy atom. The van der Waals surface area contributed by atoms with Gasteiger partial charge in [-0.25, -0.2) is 0 Å². The van der Waals surface area contributed by atoms with E-state index in [1.54, 1.807) is 0 Å². The van der Waals surface area contributed by atoms with Gasteiger partial charge in [-0.05, 0) is 55.7 Å². The van der Waals surface area contributed by atoms with E-state index in [4.69, 9.17) is 4.74 Å². The van der Waals surface area contributed by atoms with Crippen molar-refractivity contribution in [2.75, 3.05) is 17.2 Å². The van der Waals surface area contributed by atoms with Crippen LogP contribution in [0.1, 0.15) is 30.5 Å². The van der Waals surface area contributed by atoms with Crippen LogP contribution in [0.15, 0.2) is 48.5 Å². The maximum Gasteiger partial charge on any atom is 0.224 e. The van der Waals surface area contributed by atoms with E-state index in [2.05, 4.69) is 15.6 Å². The number of anilines is 2. The van der Waals surface area contributed by atoms with Gasteiger partial charge < -0.3 is 15.4 Å². The van der Waals surface area contributed by atoms with Gasteiger partial charge in [-0.15, -0.1) is 0 Å². The Morgan fingerprint density at radius 2 is 2.07 bits per heavy atom. The van der Waals surface area contributed by atoms with Gasteiger partial charge in [0.1, 0.15) is 5.75 Å². The Bertz CT molecular complexity index is 1080. The first-order chi connectivity index (χ1) is 14.1. The highest BCUT2D eigenvalue weighted by Crippen LogP contribution is 2.27. The number of aromatic nitrogens is 1. The zero-order valence-corrected chi connectivity index (χ0v) is 16.3. The van der Waals surface area contributed by atoms with Crippen LogP contribution in [0, 0.1) is 6.92 Å². The molecular formula is C23H23N3O3. The van der Waals surface area contributed by atoms with Gasteiger partial charge in [0.15, 0.2) is 0 Å². The average Bonchev–Trinajstić information content (AvgIpc) is 2.71. The summed E-state index contributed by atoms with van der Waals surface area (Å²) in [7, 11) is 0. The third kappa shape index (κ3) is 4.54. The van der Waals surface area contributed by atoms with E-state index in [1.165, 1.54) is 0 Å². The fourth-order valence-corrected chi connectivity index (χ4v) is 3.43. The highest BCUT2D eigenvalue weighted by atomic mass is 16.5. The van der Waals surface area contributed by atoms with E-state index < -0.39 is 0 Å². The lowest BCUT2D eigenvalue weighted by atomic mass is 10.0. The molecule has 0 atom stereocenters. The number of amides is 2. The molecule has 29 heavy (non-hydrogen) atoms. The van der Waals surface area contributed by atoms with Crippen LogP contribution >= 0.6 is 0 Å². The lowest BCUT2D eigenvalue weighted by Crippen LogP contribution is -2.18. The molecule has 0 radical (unpaired) electrons. The summed E-state index contributed by atoms with van der Waals surface area (Å²) in [6, 6.07) is 15.4. The molecule has 0 bridgehead atoms. The Hall–Kier alpha value is -3.41. The van der Waals surface area contributed by atoms with Crippen molar-refractivity contribution in [3.8, 4) is 5.75 Å². The van der Waals surface area contributed by atoms with Crippen LogP contribution in [0.3, 0.4) is 0 Å². The van der Waals surface area contributed by atoms with Gasteiger partial charge in [0, 0.05) is 29.6 Å². The van der Waals surface area contributed by atoms with Crippen LogP contribution < -0.4 is 15.4 Å². The molecule has 3 aromatic rings. The van der Waals surface area contributed by atoms with Gasteiger partial charge in [0.05, 0.1) is 17.8 Å². The number of hydrogen-bond donors (Lipinski definition) is 2. The van der Waals surface area contributed by atoms with Gasteiger partial charge in [-0.1, -0.05) is 18.2 Å². The van der Waals surface area contributed by atoms with E-state index in [9.17, 15) is 9.59 Å². The summed E-state index contributed by atoms with van der Waals surface area (Å²) in [5.41, 5.74) is 4.38. The first-order valence-electron chi connectivity index (χ1n) is 9.80. The molecule has 2 aromatic carbocycles. The molecule has 1 aliphatic heterocycles. The molecule has 2 amide bonds. The van der Waals surface area contributed by atoms with Crippen molar-refractivity contribution >= 4 is 34.1 Å². The predicted molar refractivity (Wildman–Crippen MR) is 113 cm³/mol. The number of ether oxygens (including phenoxy) is 1. The predicted octanol–water partition coefficient (Wildman–Crippen LogP) is 4.23. The minimum Gasteiger partial charge on any atom is -0.494 e. The third-order valence-electron chi connectivity index (χ3n) is 4.92. The fraction of sp³-hybridized carbons (Fsp3) is 0.261. The summed E-state index contributed by atoms with van der Waals surface area (Å²) in [5.74, 6) is 0.750. The number of fused-ring (bicyclic) bond motifs is 2. The number of pyridine rings is 1. The molecule has 0 fully saturated rings. The average molecular weight is 389 g/mol. The lowest BCUT2D eigenvalue weighted by molar-refractivity contribution is -0.117. The summed E-state index contributed by atoms with van der Waals surface area (Å²) < 4.78 is 5.78. The van der Waals surface area contributed by atoms with Crippen molar-refractivity contribution in [2.45, 2.75) is 32.6 Å². The number of aryl methyl sites for hydroxylation is 2. The van der Waals surface area contributed by atoms with E-state index in [1.807, 2.05) is 55.5 Å². The van der Waals surface area contributed by atoms with Gasteiger partial charge in [-0.3, -0.25) is 14.6 Å². The molecule has 6 heteroatoms. The number of nitrogens with zero attached hydrogens (tertiary/aromatic N) is 1. The zero-order chi connectivity index (χ0) is 20.2.